The van der Waals surface area contributed by atoms with Gasteiger partial charge >= 0.3 is 0 Å². The van der Waals surface area contributed by atoms with Gasteiger partial charge in [0.05, 0.1) is 14.2 Å². The number of hydrogen-bond acceptors (Lipinski definition) is 3. The van der Waals surface area contributed by atoms with Crippen LogP contribution in [0.15, 0.2) is 12.1 Å². The van der Waals surface area contributed by atoms with Crippen molar-refractivity contribution in [2.45, 2.75) is 31.1 Å². The van der Waals surface area contributed by atoms with E-state index in [1.807, 2.05) is 12.1 Å². The van der Waals surface area contributed by atoms with Crippen LogP contribution in [0.5, 0.6) is 11.5 Å². The summed E-state index contributed by atoms with van der Waals surface area (Å²) in [4.78, 5) is 12.1. The van der Waals surface area contributed by atoms with Crippen LogP contribution in [0.4, 0.5) is 0 Å². The Morgan fingerprint density at radius 1 is 1.11 bits per heavy atom. The Morgan fingerprint density at radius 2 is 1.74 bits per heavy atom. The topological polar surface area (TPSA) is 47.6 Å². The quantitative estimate of drug-likeness (QED) is 0.888. The highest BCUT2D eigenvalue weighted by molar-refractivity contribution is 5.98. The number of nitrogens with one attached hydrogen (secondary N) is 1. The van der Waals surface area contributed by atoms with E-state index in [1.165, 1.54) is 12.8 Å². The van der Waals surface area contributed by atoms with Crippen LogP contribution in [0.2, 0.25) is 0 Å². The number of fused-ring (bicyclic) bond motifs is 2. The molecule has 1 amide bonds. The zero-order chi connectivity index (χ0) is 13.5. The van der Waals surface area contributed by atoms with Crippen LogP contribution < -0.4 is 14.8 Å². The van der Waals surface area contributed by atoms with Gasteiger partial charge < -0.3 is 14.8 Å². The predicted octanol–water partition coefficient (Wildman–Crippen LogP) is 2.26. The summed E-state index contributed by atoms with van der Waals surface area (Å²) in [5, 5.41) is 3.02. The van der Waals surface area contributed by atoms with Gasteiger partial charge in [-0.2, -0.15) is 0 Å². The van der Waals surface area contributed by atoms with E-state index in [2.05, 4.69) is 5.32 Å². The van der Waals surface area contributed by atoms with Crippen molar-refractivity contribution in [1.29, 1.82) is 0 Å². The molecule has 3 rings (SSSR count). The van der Waals surface area contributed by atoms with Gasteiger partial charge in [-0.1, -0.05) is 12.8 Å². The summed E-state index contributed by atoms with van der Waals surface area (Å²) < 4.78 is 10.7. The molecule has 0 bridgehead atoms. The minimum Gasteiger partial charge on any atom is -0.493 e. The number of carbonyl (C=O) groups excluding carboxylic acids is 1. The van der Waals surface area contributed by atoms with Crippen molar-refractivity contribution in [3.05, 3.63) is 23.3 Å². The van der Waals surface area contributed by atoms with Crippen molar-refractivity contribution in [1.82, 2.24) is 5.32 Å². The van der Waals surface area contributed by atoms with Crippen LogP contribution in [-0.2, 0) is 5.41 Å². The van der Waals surface area contributed by atoms with Gasteiger partial charge in [0.1, 0.15) is 0 Å². The normalized spacial score (nSPS) is 20.0. The molecule has 1 spiro atoms. The maximum absolute atomic E-state index is 12.1. The maximum Gasteiger partial charge on any atom is 0.251 e. The molecule has 1 saturated carbocycles. The standard InChI is InChI=1S/C15H19NO3/c1-18-12-7-10-11(8-13(12)19-2)15(5-3-4-6-15)9-16-14(10)17/h7-8H,3-6,9H2,1-2H3,(H,16,17). The summed E-state index contributed by atoms with van der Waals surface area (Å²) in [7, 11) is 3.23. The van der Waals surface area contributed by atoms with E-state index in [-0.39, 0.29) is 11.3 Å². The molecule has 1 N–H and O–H groups in total. The van der Waals surface area contributed by atoms with Crippen LogP contribution >= 0.6 is 0 Å². The molecule has 1 aliphatic carbocycles. The molecule has 0 aromatic heterocycles. The first-order valence-corrected chi connectivity index (χ1v) is 6.75. The highest BCUT2D eigenvalue weighted by Gasteiger charge is 2.42. The largest absolute Gasteiger partial charge is 0.493 e. The first-order valence-electron chi connectivity index (χ1n) is 6.75. The van der Waals surface area contributed by atoms with Gasteiger partial charge in [0.25, 0.3) is 5.91 Å². The van der Waals surface area contributed by atoms with Crippen molar-refractivity contribution in [2.75, 3.05) is 20.8 Å². The number of amides is 1. The third-order valence-electron chi connectivity index (χ3n) is 4.49. The lowest BCUT2D eigenvalue weighted by Gasteiger charge is -2.36. The van der Waals surface area contributed by atoms with E-state index >= 15 is 0 Å². The molecule has 0 atom stereocenters. The fourth-order valence-electron chi connectivity index (χ4n) is 3.44. The third kappa shape index (κ3) is 1.78. The molecule has 0 saturated heterocycles. The summed E-state index contributed by atoms with van der Waals surface area (Å²) >= 11 is 0. The summed E-state index contributed by atoms with van der Waals surface area (Å²) in [6.07, 6.45) is 4.72. The van der Waals surface area contributed by atoms with Crippen molar-refractivity contribution in [3.8, 4) is 11.5 Å². The number of ether oxygens (including phenoxy) is 2. The van der Waals surface area contributed by atoms with Gasteiger partial charge in [-0.15, -0.1) is 0 Å². The Kier molecular flexibility index (Phi) is 2.88. The van der Waals surface area contributed by atoms with E-state index in [0.29, 0.717) is 11.5 Å². The Morgan fingerprint density at radius 3 is 2.37 bits per heavy atom. The average molecular weight is 261 g/mol. The third-order valence-corrected chi connectivity index (χ3v) is 4.49. The molecular weight excluding hydrogens is 242 g/mol. The van der Waals surface area contributed by atoms with Gasteiger partial charge in [-0.25, -0.2) is 0 Å². The van der Waals surface area contributed by atoms with Crippen molar-refractivity contribution in [2.24, 2.45) is 0 Å². The number of carbonyl (C=O) groups is 1. The molecule has 1 heterocycles. The lowest BCUT2D eigenvalue weighted by molar-refractivity contribution is 0.0924. The van der Waals surface area contributed by atoms with Gasteiger partial charge in [-0.05, 0) is 30.5 Å². The van der Waals surface area contributed by atoms with Gasteiger partial charge in [-0.3, -0.25) is 4.79 Å². The van der Waals surface area contributed by atoms with E-state index in [9.17, 15) is 4.79 Å². The molecule has 1 aromatic rings. The van der Waals surface area contributed by atoms with Gasteiger partial charge in [0.15, 0.2) is 11.5 Å². The van der Waals surface area contributed by atoms with Crippen LogP contribution in [-0.4, -0.2) is 26.7 Å². The molecule has 102 valence electrons. The molecule has 19 heavy (non-hydrogen) atoms. The Hall–Kier alpha value is -1.71. The fourth-order valence-corrected chi connectivity index (χ4v) is 3.44. The molecule has 4 heteroatoms. The highest BCUT2D eigenvalue weighted by atomic mass is 16.5. The van der Waals surface area contributed by atoms with Crippen LogP contribution in [0.25, 0.3) is 0 Å². The molecule has 2 aliphatic rings. The van der Waals surface area contributed by atoms with Crippen LogP contribution in [0.3, 0.4) is 0 Å². The lowest BCUT2D eigenvalue weighted by atomic mass is 9.74. The van der Waals surface area contributed by atoms with Crippen molar-refractivity contribution >= 4 is 5.91 Å². The van der Waals surface area contributed by atoms with E-state index in [1.54, 1.807) is 14.2 Å². The number of hydrogen-bond donors (Lipinski definition) is 1. The number of rotatable bonds is 2. The second-order valence-corrected chi connectivity index (χ2v) is 5.42. The smallest absolute Gasteiger partial charge is 0.251 e. The average Bonchev–Trinajstić information content (AvgIpc) is 2.91. The molecular formula is C15H19NO3. The van der Waals surface area contributed by atoms with Crippen LogP contribution in [0, 0.1) is 0 Å². The molecule has 4 nitrogen and oxygen atoms in total. The van der Waals surface area contributed by atoms with Crippen LogP contribution in [0.1, 0.15) is 41.6 Å². The lowest BCUT2D eigenvalue weighted by Crippen LogP contribution is -2.45. The minimum atomic E-state index is -0.00604. The van der Waals surface area contributed by atoms with E-state index in [0.717, 1.165) is 30.5 Å². The first-order chi connectivity index (χ1) is 9.20. The summed E-state index contributed by atoms with van der Waals surface area (Å²) in [6, 6.07) is 3.81. The Balaban J connectivity index is 2.18. The summed E-state index contributed by atoms with van der Waals surface area (Å²) in [6.45, 7) is 0.744. The highest BCUT2D eigenvalue weighted by Crippen LogP contribution is 2.46. The Labute approximate surface area is 113 Å². The minimum absolute atomic E-state index is 0.00604. The fraction of sp³-hybridized carbons (Fsp3) is 0.533. The second kappa shape index (κ2) is 4.44. The van der Waals surface area contributed by atoms with E-state index < -0.39 is 0 Å². The SMILES string of the molecule is COc1cc2c(cc1OC)C1(CCCC1)CNC2=O. The molecule has 1 aromatic carbocycles. The summed E-state index contributed by atoms with van der Waals surface area (Å²) in [5.41, 5.74) is 1.97. The monoisotopic (exact) mass is 261 g/mol. The Bertz CT molecular complexity index is 518. The zero-order valence-electron chi connectivity index (χ0n) is 11.4. The first kappa shape index (κ1) is 12.3. The maximum atomic E-state index is 12.1. The van der Waals surface area contributed by atoms with Crippen molar-refractivity contribution in [3.63, 3.8) is 0 Å². The predicted molar refractivity (Wildman–Crippen MR) is 72.0 cm³/mol. The van der Waals surface area contributed by atoms with Gasteiger partial charge in [0, 0.05) is 17.5 Å². The number of benzene rings is 1. The van der Waals surface area contributed by atoms with Crippen molar-refractivity contribution < 1.29 is 14.3 Å². The molecule has 1 fully saturated rings. The number of methoxy groups -OCH3 is 2. The molecule has 0 unspecified atom stereocenters. The molecule has 0 radical (unpaired) electrons. The van der Waals surface area contributed by atoms with Gasteiger partial charge in [0.2, 0.25) is 0 Å². The van der Waals surface area contributed by atoms with E-state index in [4.69, 9.17) is 9.47 Å². The summed E-state index contributed by atoms with van der Waals surface area (Å²) in [5.74, 6) is 1.32. The zero-order valence-corrected chi connectivity index (χ0v) is 11.4. The molecule has 1 aliphatic heterocycles. The second-order valence-electron chi connectivity index (χ2n) is 5.42.